The van der Waals surface area contributed by atoms with Gasteiger partial charge in [-0.2, -0.15) is 5.26 Å². The van der Waals surface area contributed by atoms with Crippen molar-refractivity contribution in [1.82, 2.24) is 0 Å². The Morgan fingerprint density at radius 3 is 2.11 bits per heavy atom. The lowest BCUT2D eigenvalue weighted by molar-refractivity contribution is -0.182. The molecule has 0 bridgehead atoms. The molecule has 104 valence electrons. The number of hydrogen-bond donors (Lipinski definition) is 1. The topological polar surface area (TPSA) is 72.8 Å². The summed E-state index contributed by atoms with van der Waals surface area (Å²) < 4.78 is 5.10. The molecule has 0 aliphatic rings. The molecule has 5 nitrogen and oxygen atoms in total. The Labute approximate surface area is 112 Å². The molecule has 0 saturated heterocycles. The summed E-state index contributed by atoms with van der Waals surface area (Å²) in [4.78, 5) is 26.2. The largest absolute Gasteiger partial charge is 0.462 e. The van der Waals surface area contributed by atoms with Crippen molar-refractivity contribution < 1.29 is 24.5 Å². The second-order valence-electron chi connectivity index (χ2n) is 4.15. The lowest BCUT2D eigenvalue weighted by atomic mass is 10.1. The van der Waals surface area contributed by atoms with Crippen LogP contribution in [0.1, 0.15) is 53.3 Å². The summed E-state index contributed by atoms with van der Waals surface area (Å²) in [6, 6.07) is 5.71. The van der Waals surface area contributed by atoms with E-state index in [9.17, 15) is 9.59 Å². The summed E-state index contributed by atoms with van der Waals surface area (Å²) in [5.41, 5.74) is 0.534. The minimum absolute atomic E-state index is 0.169. The molecule has 5 heteroatoms. The lowest BCUT2D eigenvalue weighted by Gasteiger charge is -2.05. The smallest absolute Gasteiger partial charge is 0.372 e. The Hall–Kier alpha value is -1.88. The summed E-state index contributed by atoms with van der Waals surface area (Å²) in [6.07, 6.45) is 4.17. The summed E-state index contributed by atoms with van der Waals surface area (Å²) in [7, 11) is 0. The number of benzene rings is 1. The Morgan fingerprint density at radius 1 is 1.00 bits per heavy atom. The zero-order valence-electron chi connectivity index (χ0n) is 10.9. The third-order valence-electron chi connectivity index (χ3n) is 2.67. The zero-order chi connectivity index (χ0) is 14.1. The molecule has 1 rings (SSSR count). The molecule has 0 fully saturated rings. The molecular weight excluding hydrogens is 248 g/mol. The average molecular weight is 266 g/mol. The van der Waals surface area contributed by atoms with Crippen LogP contribution in [-0.4, -0.2) is 23.8 Å². The molecule has 0 heterocycles. The van der Waals surface area contributed by atoms with E-state index in [0.29, 0.717) is 12.2 Å². The van der Waals surface area contributed by atoms with Crippen molar-refractivity contribution in [3.05, 3.63) is 35.4 Å². The second-order valence-corrected chi connectivity index (χ2v) is 4.15. The van der Waals surface area contributed by atoms with Gasteiger partial charge in [0.1, 0.15) is 0 Å². The van der Waals surface area contributed by atoms with Crippen molar-refractivity contribution in [2.45, 2.75) is 32.6 Å². The van der Waals surface area contributed by atoms with E-state index in [-0.39, 0.29) is 5.56 Å². The monoisotopic (exact) mass is 266 g/mol. The van der Waals surface area contributed by atoms with E-state index in [2.05, 4.69) is 11.8 Å². The molecule has 0 unspecified atom stereocenters. The van der Waals surface area contributed by atoms with E-state index < -0.39 is 11.9 Å². The summed E-state index contributed by atoms with van der Waals surface area (Å²) in [5.74, 6) is -1.28. The van der Waals surface area contributed by atoms with Crippen LogP contribution in [0.15, 0.2) is 24.3 Å². The fraction of sp³-hybridized carbons (Fsp3) is 0.429. The predicted octanol–water partition coefficient (Wildman–Crippen LogP) is 3.05. The fourth-order valence-electron chi connectivity index (χ4n) is 1.57. The maximum atomic E-state index is 11.6. The van der Waals surface area contributed by atoms with E-state index in [1.807, 2.05) is 0 Å². The number of carbonyl (C=O) groups excluding carboxylic acids is 2. The SMILES string of the molecule is CCCCCCOC(=O)c1ccc(C(=O)OO)cc1. The third kappa shape index (κ3) is 5.09. The van der Waals surface area contributed by atoms with Gasteiger partial charge in [0, 0.05) is 0 Å². The normalized spacial score (nSPS) is 10.0. The predicted molar refractivity (Wildman–Crippen MR) is 68.9 cm³/mol. The van der Waals surface area contributed by atoms with Crippen LogP contribution in [0.3, 0.4) is 0 Å². The van der Waals surface area contributed by atoms with E-state index in [0.717, 1.165) is 25.7 Å². The maximum absolute atomic E-state index is 11.6. The van der Waals surface area contributed by atoms with Crippen LogP contribution in [-0.2, 0) is 9.62 Å². The zero-order valence-corrected chi connectivity index (χ0v) is 10.9. The lowest BCUT2D eigenvalue weighted by Crippen LogP contribution is -2.07. The molecular formula is C14H18O5. The van der Waals surface area contributed by atoms with Crippen LogP contribution in [0.25, 0.3) is 0 Å². The van der Waals surface area contributed by atoms with Crippen molar-refractivity contribution in [2.24, 2.45) is 0 Å². The van der Waals surface area contributed by atoms with Crippen LogP contribution in [0.4, 0.5) is 0 Å². The maximum Gasteiger partial charge on any atom is 0.372 e. The van der Waals surface area contributed by atoms with Gasteiger partial charge in [0.25, 0.3) is 0 Å². The molecule has 1 N–H and O–H groups in total. The first-order chi connectivity index (χ1) is 9.19. The van der Waals surface area contributed by atoms with E-state index in [1.54, 1.807) is 0 Å². The number of esters is 1. The Kier molecular flexibility index (Phi) is 6.60. The quantitative estimate of drug-likeness (QED) is 0.355. The number of rotatable bonds is 7. The van der Waals surface area contributed by atoms with E-state index in [4.69, 9.17) is 9.99 Å². The van der Waals surface area contributed by atoms with Crippen LogP contribution in [0.5, 0.6) is 0 Å². The molecule has 0 radical (unpaired) electrons. The van der Waals surface area contributed by atoms with Gasteiger partial charge in [0.05, 0.1) is 17.7 Å². The molecule has 1 aromatic rings. The van der Waals surface area contributed by atoms with Gasteiger partial charge in [0.15, 0.2) is 0 Å². The summed E-state index contributed by atoms with van der Waals surface area (Å²) >= 11 is 0. The Bertz CT molecular complexity index is 410. The van der Waals surface area contributed by atoms with Gasteiger partial charge in [-0.3, -0.25) is 4.89 Å². The minimum atomic E-state index is -0.862. The number of ether oxygens (including phenoxy) is 1. The fourth-order valence-corrected chi connectivity index (χ4v) is 1.57. The first-order valence-corrected chi connectivity index (χ1v) is 6.32. The number of hydrogen-bond acceptors (Lipinski definition) is 5. The van der Waals surface area contributed by atoms with Gasteiger partial charge >= 0.3 is 11.9 Å². The van der Waals surface area contributed by atoms with Crippen LogP contribution >= 0.6 is 0 Å². The Morgan fingerprint density at radius 2 is 1.58 bits per heavy atom. The van der Waals surface area contributed by atoms with Crippen LogP contribution in [0.2, 0.25) is 0 Å². The third-order valence-corrected chi connectivity index (χ3v) is 2.67. The number of unbranched alkanes of at least 4 members (excludes halogenated alkanes) is 3. The van der Waals surface area contributed by atoms with Crippen molar-refractivity contribution in [3.63, 3.8) is 0 Å². The molecule has 0 saturated carbocycles. The highest BCUT2D eigenvalue weighted by Crippen LogP contribution is 2.08. The molecule has 0 spiro atoms. The van der Waals surface area contributed by atoms with Crippen LogP contribution < -0.4 is 0 Å². The van der Waals surface area contributed by atoms with Crippen molar-refractivity contribution >= 4 is 11.9 Å². The van der Waals surface area contributed by atoms with Crippen molar-refractivity contribution in [1.29, 1.82) is 0 Å². The van der Waals surface area contributed by atoms with Gasteiger partial charge in [0.2, 0.25) is 0 Å². The van der Waals surface area contributed by atoms with Gasteiger partial charge in [-0.05, 0) is 30.7 Å². The highest BCUT2D eigenvalue weighted by Gasteiger charge is 2.10. The molecule has 0 atom stereocenters. The molecule has 1 aromatic carbocycles. The number of carbonyl (C=O) groups is 2. The highest BCUT2D eigenvalue weighted by atomic mass is 17.1. The molecule has 0 aromatic heterocycles. The van der Waals surface area contributed by atoms with Gasteiger partial charge in [-0.15, -0.1) is 0 Å². The van der Waals surface area contributed by atoms with Gasteiger partial charge < -0.3 is 4.74 Å². The van der Waals surface area contributed by atoms with Gasteiger partial charge in [-0.1, -0.05) is 26.2 Å². The van der Waals surface area contributed by atoms with Crippen molar-refractivity contribution in [2.75, 3.05) is 6.61 Å². The molecule has 0 amide bonds. The molecule has 19 heavy (non-hydrogen) atoms. The first kappa shape index (κ1) is 15.2. The molecule has 0 aliphatic heterocycles. The van der Waals surface area contributed by atoms with Gasteiger partial charge in [-0.25, -0.2) is 9.59 Å². The molecule has 0 aliphatic carbocycles. The van der Waals surface area contributed by atoms with Crippen molar-refractivity contribution in [3.8, 4) is 0 Å². The summed E-state index contributed by atoms with van der Waals surface area (Å²) in [5, 5.41) is 8.21. The van der Waals surface area contributed by atoms with Crippen LogP contribution in [0, 0.1) is 0 Å². The first-order valence-electron chi connectivity index (χ1n) is 6.32. The minimum Gasteiger partial charge on any atom is -0.462 e. The highest BCUT2D eigenvalue weighted by molar-refractivity contribution is 5.93. The Balaban J connectivity index is 2.42. The standard InChI is InChI=1S/C14H18O5/c1-2-3-4-5-10-18-13(15)11-6-8-12(9-7-11)14(16)19-17/h6-9,17H,2-5,10H2,1H3. The second kappa shape index (κ2) is 8.26. The van der Waals surface area contributed by atoms with E-state index >= 15 is 0 Å². The average Bonchev–Trinajstić information content (AvgIpc) is 2.46. The van der Waals surface area contributed by atoms with E-state index in [1.165, 1.54) is 24.3 Å². The summed E-state index contributed by atoms with van der Waals surface area (Å²) in [6.45, 7) is 2.52.